The first kappa shape index (κ1) is 9.03. The Bertz CT molecular complexity index is 450. The molecule has 0 fully saturated rings. The van der Waals surface area contributed by atoms with Crippen molar-refractivity contribution < 1.29 is 0 Å². The minimum absolute atomic E-state index is 0.740. The Morgan fingerprint density at radius 3 is 2.92 bits per heavy atom. The van der Waals surface area contributed by atoms with Gasteiger partial charge < -0.3 is 0 Å². The number of aryl methyl sites for hydroxylation is 1. The van der Waals surface area contributed by atoms with Crippen molar-refractivity contribution in [3.05, 3.63) is 27.8 Å². The molecule has 0 radical (unpaired) electrons. The van der Waals surface area contributed by atoms with Crippen molar-refractivity contribution in [3.8, 4) is 0 Å². The van der Waals surface area contributed by atoms with Gasteiger partial charge in [-0.15, -0.1) is 0 Å². The summed E-state index contributed by atoms with van der Waals surface area (Å²) in [5, 5.41) is 6.11. The second-order valence-electron chi connectivity index (χ2n) is 2.74. The van der Waals surface area contributed by atoms with Gasteiger partial charge in [0, 0.05) is 6.54 Å². The summed E-state index contributed by atoms with van der Waals surface area (Å²) in [5.74, 6) is 0. The number of hydrogen-bond donors (Lipinski definition) is 0. The molecule has 0 saturated carbocycles. The van der Waals surface area contributed by atoms with E-state index < -0.39 is 0 Å². The van der Waals surface area contributed by atoms with Crippen LogP contribution in [-0.4, -0.2) is 9.78 Å². The summed E-state index contributed by atoms with van der Waals surface area (Å²) in [6.45, 7) is 2.89. The van der Waals surface area contributed by atoms with Gasteiger partial charge in [0.2, 0.25) is 0 Å². The van der Waals surface area contributed by atoms with Crippen LogP contribution in [-0.2, 0) is 6.54 Å². The first-order valence-corrected chi connectivity index (χ1v) is 5.21. The lowest BCUT2D eigenvalue weighted by atomic mass is 10.3. The average molecular weight is 260 g/mol. The van der Waals surface area contributed by atoms with Crippen molar-refractivity contribution in [2.75, 3.05) is 0 Å². The maximum Gasteiger partial charge on any atom is 0.113 e. The number of rotatable bonds is 1. The van der Waals surface area contributed by atoms with Gasteiger partial charge in [0.05, 0.1) is 15.9 Å². The lowest BCUT2D eigenvalue weighted by Crippen LogP contribution is -1.95. The molecule has 0 aliphatic heterocycles. The van der Waals surface area contributed by atoms with Gasteiger partial charge in [-0.1, -0.05) is 17.7 Å². The topological polar surface area (TPSA) is 17.8 Å². The summed E-state index contributed by atoms with van der Waals surface area (Å²) in [7, 11) is 0. The lowest BCUT2D eigenvalue weighted by molar-refractivity contribution is 0.653. The monoisotopic (exact) mass is 258 g/mol. The minimum Gasteiger partial charge on any atom is -0.257 e. The van der Waals surface area contributed by atoms with Crippen LogP contribution >= 0.6 is 27.5 Å². The van der Waals surface area contributed by atoms with Gasteiger partial charge in [0.15, 0.2) is 0 Å². The van der Waals surface area contributed by atoms with E-state index in [9.17, 15) is 0 Å². The fraction of sp³-hybridized carbons (Fsp3) is 0.222. The highest BCUT2D eigenvalue weighted by Crippen LogP contribution is 2.30. The third-order valence-corrected chi connectivity index (χ3v) is 3.07. The Labute approximate surface area is 89.6 Å². The van der Waals surface area contributed by atoms with E-state index in [1.54, 1.807) is 0 Å². The molecular weight excluding hydrogens is 251 g/mol. The fourth-order valence-electron chi connectivity index (χ4n) is 1.31. The maximum atomic E-state index is 6.05. The van der Waals surface area contributed by atoms with E-state index in [2.05, 4.69) is 21.0 Å². The Kier molecular flexibility index (Phi) is 2.30. The smallest absolute Gasteiger partial charge is 0.113 e. The number of benzene rings is 1. The second kappa shape index (κ2) is 3.31. The van der Waals surface area contributed by atoms with E-state index in [1.807, 2.05) is 29.8 Å². The summed E-state index contributed by atoms with van der Waals surface area (Å²) in [5.41, 5.74) is 0.932. The summed E-state index contributed by atoms with van der Waals surface area (Å²) in [6, 6.07) is 5.73. The fourth-order valence-corrected chi connectivity index (χ4v) is 2.43. The molecule has 0 aliphatic rings. The van der Waals surface area contributed by atoms with Crippen molar-refractivity contribution in [2.24, 2.45) is 0 Å². The van der Waals surface area contributed by atoms with Crippen LogP contribution < -0.4 is 0 Å². The third kappa shape index (κ3) is 1.36. The van der Waals surface area contributed by atoms with E-state index in [1.165, 1.54) is 0 Å². The summed E-state index contributed by atoms with van der Waals surface area (Å²) >= 11 is 9.53. The van der Waals surface area contributed by atoms with Gasteiger partial charge >= 0.3 is 0 Å². The van der Waals surface area contributed by atoms with Crippen molar-refractivity contribution >= 4 is 38.4 Å². The van der Waals surface area contributed by atoms with Gasteiger partial charge in [0.1, 0.15) is 4.60 Å². The van der Waals surface area contributed by atoms with Crippen LogP contribution in [0.25, 0.3) is 10.9 Å². The number of nitrogens with zero attached hydrogens (tertiary/aromatic N) is 2. The first-order chi connectivity index (χ1) is 6.24. The highest BCUT2D eigenvalue weighted by molar-refractivity contribution is 9.10. The molecular formula is C9H8BrClN2. The Morgan fingerprint density at radius 2 is 2.31 bits per heavy atom. The van der Waals surface area contributed by atoms with Crippen LogP contribution in [0.5, 0.6) is 0 Å². The lowest BCUT2D eigenvalue weighted by Gasteiger charge is -1.95. The predicted octanol–water partition coefficient (Wildman–Crippen LogP) is 3.47. The van der Waals surface area contributed by atoms with Gasteiger partial charge in [-0.25, -0.2) is 0 Å². The average Bonchev–Trinajstić information content (AvgIpc) is 2.44. The van der Waals surface area contributed by atoms with Gasteiger partial charge in [-0.05, 0) is 35.0 Å². The molecule has 2 rings (SSSR count). The van der Waals surface area contributed by atoms with Crippen LogP contribution in [0.2, 0.25) is 5.02 Å². The predicted molar refractivity (Wildman–Crippen MR) is 58.1 cm³/mol. The van der Waals surface area contributed by atoms with Crippen molar-refractivity contribution in [1.29, 1.82) is 0 Å². The molecule has 1 heterocycles. The number of aromatic nitrogens is 2. The standard InChI is InChI=1S/C9H8BrClN2/c1-2-13-9(10)8-6(11)4-3-5-7(8)12-13/h3-5H,2H2,1H3. The van der Waals surface area contributed by atoms with E-state index >= 15 is 0 Å². The van der Waals surface area contributed by atoms with Gasteiger partial charge in [0.25, 0.3) is 0 Å². The molecule has 13 heavy (non-hydrogen) atoms. The minimum atomic E-state index is 0.740. The van der Waals surface area contributed by atoms with Crippen molar-refractivity contribution in [1.82, 2.24) is 9.78 Å². The van der Waals surface area contributed by atoms with Crippen molar-refractivity contribution in [2.45, 2.75) is 13.5 Å². The Morgan fingerprint density at radius 1 is 1.54 bits per heavy atom. The molecule has 4 heteroatoms. The molecule has 68 valence electrons. The van der Waals surface area contributed by atoms with Crippen molar-refractivity contribution in [3.63, 3.8) is 0 Å². The quantitative estimate of drug-likeness (QED) is 0.767. The highest BCUT2D eigenvalue weighted by Gasteiger charge is 2.09. The second-order valence-corrected chi connectivity index (χ2v) is 3.90. The van der Waals surface area contributed by atoms with Crippen LogP contribution in [0.1, 0.15) is 6.92 Å². The maximum absolute atomic E-state index is 6.05. The first-order valence-electron chi connectivity index (χ1n) is 4.04. The summed E-state index contributed by atoms with van der Waals surface area (Å²) in [4.78, 5) is 0. The van der Waals surface area contributed by atoms with Gasteiger partial charge in [-0.2, -0.15) is 5.10 Å². The normalized spacial score (nSPS) is 11.0. The molecule has 1 aromatic carbocycles. The molecule has 0 N–H and O–H groups in total. The van der Waals surface area contributed by atoms with Crippen LogP contribution in [0.3, 0.4) is 0 Å². The zero-order valence-corrected chi connectivity index (χ0v) is 9.43. The van der Waals surface area contributed by atoms with Crippen LogP contribution in [0.4, 0.5) is 0 Å². The number of halogens is 2. The van der Waals surface area contributed by atoms with E-state index in [4.69, 9.17) is 11.6 Å². The summed E-state index contributed by atoms with van der Waals surface area (Å²) < 4.78 is 2.84. The number of fused-ring (bicyclic) bond motifs is 1. The molecule has 0 atom stereocenters. The molecule has 2 nitrogen and oxygen atoms in total. The molecule has 0 saturated heterocycles. The largest absolute Gasteiger partial charge is 0.257 e. The summed E-state index contributed by atoms with van der Waals surface area (Å²) in [6.07, 6.45) is 0. The molecule has 1 aromatic heterocycles. The zero-order valence-electron chi connectivity index (χ0n) is 7.09. The molecule has 2 aromatic rings. The van der Waals surface area contributed by atoms with Crippen LogP contribution in [0.15, 0.2) is 22.8 Å². The Balaban J connectivity index is 2.85. The SMILES string of the molecule is CCn1nc2cccc(Cl)c2c1Br. The Hall–Kier alpha value is -0.540. The molecule has 0 bridgehead atoms. The van der Waals surface area contributed by atoms with Crippen LogP contribution in [0, 0.1) is 0 Å². The third-order valence-electron chi connectivity index (χ3n) is 1.95. The molecule has 0 aliphatic carbocycles. The molecule has 0 spiro atoms. The highest BCUT2D eigenvalue weighted by atomic mass is 79.9. The molecule has 0 unspecified atom stereocenters. The van der Waals surface area contributed by atoms with E-state index in [0.29, 0.717) is 0 Å². The zero-order chi connectivity index (χ0) is 9.42. The molecule has 0 amide bonds. The van der Waals surface area contributed by atoms with E-state index in [-0.39, 0.29) is 0 Å². The van der Waals surface area contributed by atoms with Gasteiger partial charge in [-0.3, -0.25) is 4.68 Å². The number of hydrogen-bond acceptors (Lipinski definition) is 1. The van der Waals surface area contributed by atoms with E-state index in [0.717, 1.165) is 27.1 Å².